The molecule has 0 saturated carbocycles. The van der Waals surface area contributed by atoms with Crippen LogP contribution in [-0.4, -0.2) is 52.3 Å². The molecule has 3 rings (SSSR count). The molecule has 8 heteroatoms. The van der Waals surface area contributed by atoms with Gasteiger partial charge in [0.2, 0.25) is 5.91 Å². The molecule has 6 nitrogen and oxygen atoms in total. The molecule has 1 N–H and O–H groups in total. The molecular weight excluding hydrogens is 431 g/mol. The Hall–Kier alpha value is -2.51. The molecule has 2 heterocycles. The van der Waals surface area contributed by atoms with Gasteiger partial charge in [-0.2, -0.15) is 0 Å². The molecule has 32 heavy (non-hydrogen) atoms. The van der Waals surface area contributed by atoms with E-state index in [2.05, 4.69) is 22.1 Å². The van der Waals surface area contributed by atoms with Crippen molar-refractivity contribution in [1.82, 2.24) is 14.8 Å². The normalized spacial score (nSPS) is 16.8. The summed E-state index contributed by atoms with van der Waals surface area (Å²) in [6, 6.07) is 4.92. The van der Waals surface area contributed by atoms with Gasteiger partial charge in [-0.25, -0.2) is 4.39 Å². The summed E-state index contributed by atoms with van der Waals surface area (Å²) in [5.41, 5.74) is 2.88. The monoisotopic (exact) mass is 460 g/mol. The summed E-state index contributed by atoms with van der Waals surface area (Å²) in [6.45, 7) is 10.5. The van der Waals surface area contributed by atoms with Crippen molar-refractivity contribution in [1.29, 1.82) is 0 Å². The lowest BCUT2D eigenvalue weighted by Gasteiger charge is -2.40. The number of pyridine rings is 1. The number of halogens is 2. The van der Waals surface area contributed by atoms with Crippen LogP contribution in [0, 0.1) is 19.7 Å². The maximum atomic E-state index is 13.8. The van der Waals surface area contributed by atoms with Crippen LogP contribution in [0.15, 0.2) is 24.4 Å². The van der Waals surface area contributed by atoms with Gasteiger partial charge < -0.3 is 10.2 Å². The molecule has 172 valence electrons. The Bertz CT molecular complexity index is 1010. The summed E-state index contributed by atoms with van der Waals surface area (Å²) in [7, 11) is 0. The van der Waals surface area contributed by atoms with Crippen LogP contribution in [-0.2, 0) is 11.3 Å². The molecule has 0 unspecified atom stereocenters. The number of rotatable bonds is 6. The van der Waals surface area contributed by atoms with E-state index >= 15 is 0 Å². The molecule has 1 atom stereocenters. The molecule has 1 aliphatic heterocycles. The van der Waals surface area contributed by atoms with Crippen molar-refractivity contribution in [3.05, 3.63) is 57.6 Å². The van der Waals surface area contributed by atoms with Gasteiger partial charge in [0.1, 0.15) is 5.82 Å². The SMILES string of the molecule is CCCC(=O)N1CCN(Cc2cc(Cl)cc(NC(=O)c3cnc(C)c(F)c3)c2C)C[C@@H]1C. The Labute approximate surface area is 193 Å². The van der Waals surface area contributed by atoms with Crippen LogP contribution in [0.2, 0.25) is 5.02 Å². The third-order valence-corrected chi connectivity index (χ3v) is 6.12. The number of piperazine rings is 1. The smallest absolute Gasteiger partial charge is 0.257 e. The highest BCUT2D eigenvalue weighted by Gasteiger charge is 2.27. The van der Waals surface area contributed by atoms with Gasteiger partial charge >= 0.3 is 0 Å². The number of amides is 2. The van der Waals surface area contributed by atoms with E-state index in [1.165, 1.54) is 12.3 Å². The maximum absolute atomic E-state index is 13.8. The third kappa shape index (κ3) is 5.64. The fourth-order valence-electron chi connectivity index (χ4n) is 4.00. The van der Waals surface area contributed by atoms with Crippen LogP contribution < -0.4 is 5.32 Å². The largest absolute Gasteiger partial charge is 0.337 e. The molecule has 1 saturated heterocycles. The first-order valence-electron chi connectivity index (χ1n) is 10.9. The van der Waals surface area contributed by atoms with Crippen molar-refractivity contribution in [3.8, 4) is 0 Å². The van der Waals surface area contributed by atoms with E-state index in [9.17, 15) is 14.0 Å². The van der Waals surface area contributed by atoms with Crippen molar-refractivity contribution in [2.75, 3.05) is 25.0 Å². The van der Waals surface area contributed by atoms with Gasteiger partial charge in [0.25, 0.3) is 5.91 Å². The van der Waals surface area contributed by atoms with Gasteiger partial charge in [0.15, 0.2) is 0 Å². The molecule has 1 aromatic heterocycles. The lowest BCUT2D eigenvalue weighted by atomic mass is 10.0. The highest BCUT2D eigenvalue weighted by Crippen LogP contribution is 2.27. The van der Waals surface area contributed by atoms with Crippen molar-refractivity contribution in [2.24, 2.45) is 0 Å². The number of benzene rings is 1. The zero-order valence-corrected chi connectivity index (χ0v) is 19.8. The van der Waals surface area contributed by atoms with E-state index in [4.69, 9.17) is 11.6 Å². The molecule has 1 aromatic carbocycles. The van der Waals surface area contributed by atoms with E-state index in [1.807, 2.05) is 24.8 Å². The van der Waals surface area contributed by atoms with Gasteiger partial charge in [0, 0.05) is 55.5 Å². The van der Waals surface area contributed by atoms with Gasteiger partial charge in [0.05, 0.1) is 11.3 Å². The van der Waals surface area contributed by atoms with E-state index in [0.29, 0.717) is 30.2 Å². The van der Waals surface area contributed by atoms with Crippen LogP contribution >= 0.6 is 11.6 Å². The van der Waals surface area contributed by atoms with Gasteiger partial charge in [-0.3, -0.25) is 19.5 Å². The molecule has 0 bridgehead atoms. The van der Waals surface area contributed by atoms with E-state index in [0.717, 1.165) is 30.6 Å². The predicted octanol–water partition coefficient (Wildman–Crippen LogP) is 4.58. The minimum atomic E-state index is -0.521. The first-order chi connectivity index (χ1) is 15.2. The summed E-state index contributed by atoms with van der Waals surface area (Å²) in [5.74, 6) is -0.748. The Morgan fingerprint density at radius 1 is 1.25 bits per heavy atom. The fraction of sp³-hybridized carbons (Fsp3) is 0.458. The van der Waals surface area contributed by atoms with Gasteiger partial charge in [-0.15, -0.1) is 0 Å². The van der Waals surface area contributed by atoms with Crippen molar-refractivity contribution < 1.29 is 14.0 Å². The number of carbonyl (C=O) groups is 2. The molecular formula is C24H30ClFN4O2. The number of nitrogens with zero attached hydrogens (tertiary/aromatic N) is 3. The number of aryl methyl sites for hydroxylation is 1. The maximum Gasteiger partial charge on any atom is 0.257 e. The zero-order chi connectivity index (χ0) is 23.4. The standard InChI is InChI=1S/C24H30ClFN4O2/c1-5-6-23(31)30-8-7-29(13-15(30)2)14-19-9-20(25)11-22(16(19)3)28-24(32)18-10-21(26)17(4)27-12-18/h9-12,15H,5-8,13-14H2,1-4H3,(H,28,32)/t15-/m0/s1. The molecule has 0 aliphatic carbocycles. The number of aromatic nitrogens is 1. The predicted molar refractivity (Wildman–Crippen MR) is 124 cm³/mol. The summed E-state index contributed by atoms with van der Waals surface area (Å²) in [4.78, 5) is 33.1. The summed E-state index contributed by atoms with van der Waals surface area (Å²) < 4.78 is 13.8. The second-order valence-corrected chi connectivity index (χ2v) is 8.84. The zero-order valence-electron chi connectivity index (χ0n) is 19.0. The highest BCUT2D eigenvalue weighted by atomic mass is 35.5. The average molecular weight is 461 g/mol. The molecule has 1 fully saturated rings. The summed E-state index contributed by atoms with van der Waals surface area (Å²) >= 11 is 6.35. The number of anilines is 1. The number of nitrogens with one attached hydrogen (secondary N) is 1. The van der Waals surface area contributed by atoms with Crippen LogP contribution in [0.3, 0.4) is 0 Å². The molecule has 0 spiro atoms. The van der Waals surface area contributed by atoms with E-state index < -0.39 is 11.7 Å². The van der Waals surface area contributed by atoms with Gasteiger partial charge in [-0.05, 0) is 56.5 Å². The topological polar surface area (TPSA) is 65.5 Å². The van der Waals surface area contributed by atoms with Crippen molar-refractivity contribution >= 4 is 29.1 Å². The Morgan fingerprint density at radius 3 is 2.66 bits per heavy atom. The molecule has 2 aromatic rings. The third-order valence-electron chi connectivity index (χ3n) is 5.91. The second-order valence-electron chi connectivity index (χ2n) is 8.40. The Balaban J connectivity index is 1.72. The minimum Gasteiger partial charge on any atom is -0.337 e. The summed E-state index contributed by atoms with van der Waals surface area (Å²) in [6.07, 6.45) is 2.80. The first-order valence-corrected chi connectivity index (χ1v) is 11.3. The number of hydrogen-bond acceptors (Lipinski definition) is 4. The molecule has 1 aliphatic rings. The number of carbonyl (C=O) groups excluding carboxylic acids is 2. The van der Waals surface area contributed by atoms with Crippen molar-refractivity contribution in [3.63, 3.8) is 0 Å². The first kappa shape index (κ1) is 24.1. The second kappa shape index (κ2) is 10.4. The van der Waals surface area contributed by atoms with Crippen LogP contribution in [0.4, 0.5) is 10.1 Å². The quantitative estimate of drug-likeness (QED) is 0.685. The van der Waals surface area contributed by atoms with Crippen LogP contribution in [0.25, 0.3) is 0 Å². The molecule has 2 amide bonds. The highest BCUT2D eigenvalue weighted by molar-refractivity contribution is 6.31. The Morgan fingerprint density at radius 2 is 2.00 bits per heavy atom. The fourth-order valence-corrected chi connectivity index (χ4v) is 4.24. The minimum absolute atomic E-state index is 0.144. The van der Waals surface area contributed by atoms with E-state index in [-0.39, 0.29) is 23.2 Å². The van der Waals surface area contributed by atoms with Crippen LogP contribution in [0.5, 0.6) is 0 Å². The van der Waals surface area contributed by atoms with Gasteiger partial charge in [-0.1, -0.05) is 18.5 Å². The van der Waals surface area contributed by atoms with Crippen molar-refractivity contribution in [2.45, 2.75) is 53.1 Å². The molecule has 0 radical (unpaired) electrons. The van der Waals surface area contributed by atoms with E-state index in [1.54, 1.807) is 13.0 Å². The Kier molecular flexibility index (Phi) is 7.85. The number of hydrogen-bond donors (Lipinski definition) is 1. The average Bonchev–Trinajstić information content (AvgIpc) is 2.73. The lowest BCUT2D eigenvalue weighted by molar-refractivity contribution is -0.135. The summed E-state index contributed by atoms with van der Waals surface area (Å²) in [5, 5.41) is 3.35. The van der Waals surface area contributed by atoms with Crippen LogP contribution in [0.1, 0.15) is 53.9 Å². The lowest BCUT2D eigenvalue weighted by Crippen LogP contribution is -2.53.